The fourth-order valence-corrected chi connectivity index (χ4v) is 3.28. The highest BCUT2D eigenvalue weighted by molar-refractivity contribution is 5.98. The Labute approximate surface area is 147 Å². The number of nitrogens with zero attached hydrogens (tertiary/aromatic N) is 2. The second-order valence-electron chi connectivity index (χ2n) is 6.48. The normalized spacial score (nSPS) is 20.0. The molecule has 0 aromatic heterocycles. The van der Waals surface area contributed by atoms with E-state index in [-0.39, 0.29) is 18.0 Å². The fraction of sp³-hybridized carbons (Fsp3) is 0.556. The van der Waals surface area contributed by atoms with E-state index in [4.69, 9.17) is 9.47 Å². The molecular formula is C18H25N3O4. The maximum atomic E-state index is 12.4. The van der Waals surface area contributed by atoms with Crippen LogP contribution in [0.15, 0.2) is 18.2 Å². The summed E-state index contributed by atoms with van der Waals surface area (Å²) < 4.78 is 10.9. The molecule has 0 spiro atoms. The van der Waals surface area contributed by atoms with Crippen molar-refractivity contribution in [3.8, 4) is 5.75 Å². The number of amides is 3. The lowest BCUT2D eigenvalue weighted by Gasteiger charge is -2.23. The van der Waals surface area contributed by atoms with Gasteiger partial charge < -0.3 is 24.6 Å². The summed E-state index contributed by atoms with van der Waals surface area (Å²) in [7, 11) is 3.33. The van der Waals surface area contributed by atoms with E-state index in [1.165, 1.54) is 0 Å². The molecular weight excluding hydrogens is 322 g/mol. The third kappa shape index (κ3) is 4.04. The van der Waals surface area contributed by atoms with E-state index in [2.05, 4.69) is 5.32 Å². The number of rotatable bonds is 5. The first-order chi connectivity index (χ1) is 12.1. The molecule has 0 aliphatic carbocycles. The average molecular weight is 347 g/mol. The lowest BCUT2D eigenvalue weighted by molar-refractivity contribution is -0.117. The minimum absolute atomic E-state index is 0.0808. The minimum Gasteiger partial charge on any atom is -0.495 e. The molecule has 7 heteroatoms. The van der Waals surface area contributed by atoms with E-state index >= 15 is 0 Å². The van der Waals surface area contributed by atoms with E-state index in [1.54, 1.807) is 42.2 Å². The Balaban J connectivity index is 1.69. The van der Waals surface area contributed by atoms with Gasteiger partial charge in [0.25, 0.3) is 0 Å². The molecule has 1 aromatic rings. The molecule has 136 valence electrons. The highest BCUT2D eigenvalue weighted by atomic mass is 16.5. The van der Waals surface area contributed by atoms with Crippen molar-refractivity contribution in [2.45, 2.75) is 31.8 Å². The molecule has 0 radical (unpaired) electrons. The van der Waals surface area contributed by atoms with E-state index in [9.17, 15) is 9.59 Å². The van der Waals surface area contributed by atoms with Crippen molar-refractivity contribution in [2.24, 2.45) is 0 Å². The number of hydrogen-bond donors (Lipinski definition) is 1. The molecule has 1 N–H and O–H groups in total. The minimum atomic E-state index is -0.195. The van der Waals surface area contributed by atoms with Crippen LogP contribution in [0.2, 0.25) is 0 Å². The van der Waals surface area contributed by atoms with Crippen LogP contribution in [0.25, 0.3) is 0 Å². The maximum Gasteiger partial charge on any atom is 0.321 e. The van der Waals surface area contributed by atoms with Gasteiger partial charge >= 0.3 is 6.03 Å². The molecule has 0 bridgehead atoms. The summed E-state index contributed by atoms with van der Waals surface area (Å²) in [6, 6.07) is 5.15. The number of ether oxygens (including phenoxy) is 2. The van der Waals surface area contributed by atoms with Gasteiger partial charge in [0.05, 0.1) is 18.9 Å². The van der Waals surface area contributed by atoms with Gasteiger partial charge in [0, 0.05) is 38.9 Å². The van der Waals surface area contributed by atoms with Crippen molar-refractivity contribution in [3.63, 3.8) is 0 Å². The lowest BCUT2D eigenvalue weighted by atomic mass is 10.2. The molecule has 0 saturated carbocycles. The Bertz CT molecular complexity index is 643. The van der Waals surface area contributed by atoms with E-state index in [0.717, 1.165) is 25.9 Å². The van der Waals surface area contributed by atoms with Crippen LogP contribution in [0.5, 0.6) is 5.75 Å². The molecule has 3 rings (SSSR count). The van der Waals surface area contributed by atoms with Crippen molar-refractivity contribution >= 4 is 23.3 Å². The quantitative estimate of drug-likeness (QED) is 0.888. The van der Waals surface area contributed by atoms with Crippen LogP contribution in [-0.4, -0.2) is 56.8 Å². The summed E-state index contributed by atoms with van der Waals surface area (Å²) in [5.74, 6) is 0.707. The van der Waals surface area contributed by atoms with Gasteiger partial charge in [-0.2, -0.15) is 0 Å². The molecule has 2 aliphatic heterocycles. The summed E-state index contributed by atoms with van der Waals surface area (Å²) in [5, 5.41) is 2.88. The predicted molar refractivity (Wildman–Crippen MR) is 95.2 cm³/mol. The van der Waals surface area contributed by atoms with Gasteiger partial charge in [0.15, 0.2) is 0 Å². The Hall–Kier alpha value is -2.28. The van der Waals surface area contributed by atoms with Crippen molar-refractivity contribution in [1.29, 1.82) is 0 Å². The van der Waals surface area contributed by atoms with Crippen LogP contribution in [0.1, 0.15) is 25.7 Å². The standard InChI is InChI=1S/C18H25N3O4/c1-20(12-14-5-4-10-25-14)18(23)19-13-7-8-16(24-2)15(11-13)21-9-3-6-17(21)22/h7-8,11,14H,3-6,9-10,12H2,1-2H3,(H,19,23)/t14-/m1/s1. The molecule has 25 heavy (non-hydrogen) atoms. The molecule has 2 heterocycles. The summed E-state index contributed by atoms with van der Waals surface area (Å²) in [4.78, 5) is 27.8. The summed E-state index contributed by atoms with van der Waals surface area (Å²) >= 11 is 0. The summed E-state index contributed by atoms with van der Waals surface area (Å²) in [6.45, 7) is 2.01. The summed E-state index contributed by atoms with van der Waals surface area (Å²) in [6.07, 6.45) is 3.53. The smallest absolute Gasteiger partial charge is 0.321 e. The zero-order valence-electron chi connectivity index (χ0n) is 14.8. The number of benzene rings is 1. The highest BCUT2D eigenvalue weighted by Gasteiger charge is 2.25. The molecule has 2 fully saturated rings. The van der Waals surface area contributed by atoms with Crippen molar-refractivity contribution in [1.82, 2.24) is 4.90 Å². The van der Waals surface area contributed by atoms with Crippen LogP contribution in [0.4, 0.5) is 16.2 Å². The van der Waals surface area contributed by atoms with Crippen LogP contribution < -0.4 is 15.0 Å². The molecule has 0 unspecified atom stereocenters. The van der Waals surface area contributed by atoms with Gasteiger partial charge in [-0.25, -0.2) is 4.79 Å². The van der Waals surface area contributed by atoms with E-state index in [1.807, 2.05) is 0 Å². The first-order valence-corrected chi connectivity index (χ1v) is 8.70. The molecule has 1 atom stereocenters. The van der Waals surface area contributed by atoms with Gasteiger partial charge in [-0.3, -0.25) is 4.79 Å². The Morgan fingerprint density at radius 2 is 2.28 bits per heavy atom. The average Bonchev–Trinajstić information content (AvgIpc) is 3.26. The maximum absolute atomic E-state index is 12.4. The van der Waals surface area contributed by atoms with Gasteiger partial charge in [0.1, 0.15) is 5.75 Å². The van der Waals surface area contributed by atoms with E-state index < -0.39 is 0 Å². The second kappa shape index (κ2) is 7.74. The number of likely N-dealkylation sites (N-methyl/N-ethyl adjacent to an activating group) is 1. The van der Waals surface area contributed by atoms with Crippen LogP contribution in [-0.2, 0) is 9.53 Å². The third-order valence-corrected chi connectivity index (χ3v) is 4.64. The zero-order valence-corrected chi connectivity index (χ0v) is 14.8. The number of carbonyl (C=O) groups is 2. The van der Waals surface area contributed by atoms with Crippen LogP contribution >= 0.6 is 0 Å². The Morgan fingerprint density at radius 1 is 1.44 bits per heavy atom. The van der Waals surface area contributed by atoms with Crippen molar-refractivity contribution in [2.75, 3.05) is 44.1 Å². The zero-order chi connectivity index (χ0) is 17.8. The largest absolute Gasteiger partial charge is 0.495 e. The number of hydrogen-bond acceptors (Lipinski definition) is 4. The number of carbonyl (C=O) groups excluding carboxylic acids is 2. The number of nitrogens with one attached hydrogen (secondary N) is 1. The Kier molecular flexibility index (Phi) is 5.43. The highest BCUT2D eigenvalue weighted by Crippen LogP contribution is 2.34. The molecule has 2 aliphatic rings. The first-order valence-electron chi connectivity index (χ1n) is 8.70. The van der Waals surface area contributed by atoms with Gasteiger partial charge in [-0.15, -0.1) is 0 Å². The lowest BCUT2D eigenvalue weighted by Crippen LogP contribution is -2.37. The molecule has 7 nitrogen and oxygen atoms in total. The number of urea groups is 1. The summed E-state index contributed by atoms with van der Waals surface area (Å²) in [5.41, 5.74) is 1.34. The topological polar surface area (TPSA) is 71.1 Å². The SMILES string of the molecule is COc1ccc(NC(=O)N(C)C[C@H]2CCCO2)cc1N1CCCC1=O. The second-order valence-corrected chi connectivity index (χ2v) is 6.48. The van der Waals surface area contributed by atoms with Crippen LogP contribution in [0.3, 0.4) is 0 Å². The van der Waals surface area contributed by atoms with Crippen molar-refractivity contribution < 1.29 is 19.1 Å². The number of anilines is 2. The monoisotopic (exact) mass is 347 g/mol. The van der Waals surface area contributed by atoms with Gasteiger partial charge in [-0.05, 0) is 37.5 Å². The third-order valence-electron chi connectivity index (χ3n) is 4.64. The van der Waals surface area contributed by atoms with Gasteiger partial charge in [-0.1, -0.05) is 0 Å². The molecule has 1 aromatic carbocycles. The Morgan fingerprint density at radius 3 is 2.92 bits per heavy atom. The first kappa shape index (κ1) is 17.5. The van der Waals surface area contributed by atoms with Crippen molar-refractivity contribution in [3.05, 3.63) is 18.2 Å². The van der Waals surface area contributed by atoms with Gasteiger partial charge in [0.2, 0.25) is 5.91 Å². The van der Waals surface area contributed by atoms with Crippen LogP contribution in [0, 0.1) is 0 Å². The predicted octanol–water partition coefficient (Wildman–Crippen LogP) is 2.46. The number of methoxy groups -OCH3 is 1. The molecule has 2 saturated heterocycles. The fourth-order valence-electron chi connectivity index (χ4n) is 3.28. The van der Waals surface area contributed by atoms with E-state index in [0.29, 0.717) is 36.6 Å². The molecule has 3 amide bonds.